The van der Waals surface area contributed by atoms with Crippen LogP contribution >= 0.6 is 0 Å². The monoisotopic (exact) mass is 275 g/mol. The van der Waals surface area contributed by atoms with Crippen LogP contribution in [0.15, 0.2) is 24.3 Å². The highest BCUT2D eigenvalue weighted by Gasteiger charge is 2.33. The molecule has 2 N–H and O–H groups in total. The van der Waals surface area contributed by atoms with Crippen molar-refractivity contribution in [3.63, 3.8) is 0 Å². The van der Waals surface area contributed by atoms with Gasteiger partial charge in [-0.1, -0.05) is 13.3 Å². The number of halogens is 3. The molecule has 106 valence electrons. The standard InChI is InChI=1S/C13H16F3NO2/c1-3-8-12(2,11(18)19)17-10-6-4-9(5-7-10)13(14,15)16/h4-7,17H,3,8H2,1-2H3,(H,18,19). The van der Waals surface area contributed by atoms with E-state index >= 15 is 0 Å². The van der Waals surface area contributed by atoms with Crippen molar-refractivity contribution in [2.75, 3.05) is 5.32 Å². The summed E-state index contributed by atoms with van der Waals surface area (Å²) in [5.41, 5.74) is -1.59. The van der Waals surface area contributed by atoms with Crippen molar-refractivity contribution in [2.45, 2.75) is 38.4 Å². The van der Waals surface area contributed by atoms with Crippen molar-refractivity contribution in [2.24, 2.45) is 0 Å². The fourth-order valence-electron chi connectivity index (χ4n) is 1.78. The third kappa shape index (κ3) is 3.87. The number of carboxylic acid groups (broad SMARTS) is 1. The number of benzene rings is 1. The summed E-state index contributed by atoms with van der Waals surface area (Å²) in [4.78, 5) is 11.2. The van der Waals surface area contributed by atoms with E-state index in [9.17, 15) is 18.0 Å². The Kier molecular flexibility index (Phi) is 4.44. The predicted molar refractivity (Wildman–Crippen MR) is 66.0 cm³/mol. The molecule has 6 heteroatoms. The lowest BCUT2D eigenvalue weighted by atomic mass is 9.96. The highest BCUT2D eigenvalue weighted by atomic mass is 19.4. The molecule has 1 unspecified atom stereocenters. The molecule has 19 heavy (non-hydrogen) atoms. The van der Waals surface area contributed by atoms with E-state index in [0.717, 1.165) is 12.1 Å². The lowest BCUT2D eigenvalue weighted by molar-refractivity contribution is -0.142. The summed E-state index contributed by atoms with van der Waals surface area (Å²) in [5.74, 6) is -1.03. The Hall–Kier alpha value is -1.72. The summed E-state index contributed by atoms with van der Waals surface area (Å²) in [6.45, 7) is 3.35. The zero-order valence-corrected chi connectivity index (χ0v) is 10.7. The summed E-state index contributed by atoms with van der Waals surface area (Å²) < 4.78 is 37.2. The number of hydrogen-bond acceptors (Lipinski definition) is 2. The fraction of sp³-hybridized carbons (Fsp3) is 0.462. The molecule has 0 fully saturated rings. The summed E-state index contributed by atoms with van der Waals surface area (Å²) in [6.07, 6.45) is -3.36. The van der Waals surface area contributed by atoms with Crippen LogP contribution in [0.4, 0.5) is 18.9 Å². The van der Waals surface area contributed by atoms with Crippen molar-refractivity contribution >= 4 is 11.7 Å². The average molecular weight is 275 g/mol. The first-order valence-electron chi connectivity index (χ1n) is 5.88. The molecular formula is C13H16F3NO2. The zero-order valence-electron chi connectivity index (χ0n) is 10.7. The number of carboxylic acids is 1. The first-order valence-corrected chi connectivity index (χ1v) is 5.88. The summed E-state index contributed by atoms with van der Waals surface area (Å²) >= 11 is 0. The first kappa shape index (κ1) is 15.3. The Morgan fingerprint density at radius 2 is 1.79 bits per heavy atom. The van der Waals surface area contributed by atoms with Crippen molar-refractivity contribution < 1.29 is 23.1 Å². The van der Waals surface area contributed by atoms with Crippen LogP contribution in [0.3, 0.4) is 0 Å². The van der Waals surface area contributed by atoms with E-state index in [2.05, 4.69) is 5.32 Å². The normalized spacial score (nSPS) is 14.8. The predicted octanol–water partition coefficient (Wildman–Crippen LogP) is 3.76. The molecule has 1 aromatic carbocycles. The van der Waals surface area contributed by atoms with Gasteiger partial charge in [-0.25, -0.2) is 4.79 Å². The van der Waals surface area contributed by atoms with Crippen molar-refractivity contribution in [1.82, 2.24) is 0 Å². The molecule has 0 saturated carbocycles. The van der Waals surface area contributed by atoms with Crippen LogP contribution in [0, 0.1) is 0 Å². The van der Waals surface area contributed by atoms with E-state index in [-0.39, 0.29) is 0 Å². The Labute approximate surface area is 109 Å². The molecule has 0 radical (unpaired) electrons. The highest BCUT2D eigenvalue weighted by molar-refractivity contribution is 5.82. The van der Waals surface area contributed by atoms with Crippen LogP contribution in [0.25, 0.3) is 0 Å². The van der Waals surface area contributed by atoms with E-state index < -0.39 is 23.2 Å². The lowest BCUT2D eigenvalue weighted by Gasteiger charge is -2.27. The first-order chi connectivity index (χ1) is 8.69. The van der Waals surface area contributed by atoms with Gasteiger partial charge in [-0.15, -0.1) is 0 Å². The minimum atomic E-state index is -4.39. The number of anilines is 1. The highest BCUT2D eigenvalue weighted by Crippen LogP contribution is 2.30. The second-order valence-electron chi connectivity index (χ2n) is 4.59. The largest absolute Gasteiger partial charge is 0.480 e. The van der Waals surface area contributed by atoms with Gasteiger partial charge in [0.2, 0.25) is 0 Å². The molecule has 0 bridgehead atoms. The summed E-state index contributed by atoms with van der Waals surface area (Å²) in [5, 5.41) is 11.9. The van der Waals surface area contributed by atoms with Gasteiger partial charge in [0.25, 0.3) is 0 Å². The van der Waals surface area contributed by atoms with E-state index in [1.54, 1.807) is 0 Å². The molecule has 3 nitrogen and oxygen atoms in total. The third-order valence-electron chi connectivity index (χ3n) is 2.85. The Morgan fingerprint density at radius 1 is 1.26 bits per heavy atom. The van der Waals surface area contributed by atoms with Gasteiger partial charge < -0.3 is 10.4 Å². The molecule has 0 aliphatic carbocycles. The number of carbonyl (C=O) groups is 1. The maximum absolute atomic E-state index is 12.4. The summed E-state index contributed by atoms with van der Waals surface area (Å²) in [7, 11) is 0. The molecule has 1 atom stereocenters. The maximum Gasteiger partial charge on any atom is 0.416 e. The SMILES string of the molecule is CCCC(C)(Nc1ccc(C(F)(F)F)cc1)C(=O)O. The van der Waals surface area contributed by atoms with Gasteiger partial charge in [0.05, 0.1) is 5.56 Å². The van der Waals surface area contributed by atoms with Crippen LogP contribution in [-0.2, 0) is 11.0 Å². The Balaban J connectivity index is 2.90. The molecule has 0 heterocycles. The fourth-order valence-corrected chi connectivity index (χ4v) is 1.78. The minimum absolute atomic E-state index is 0.353. The number of alkyl halides is 3. The molecule has 0 saturated heterocycles. The van der Waals surface area contributed by atoms with Crippen LogP contribution < -0.4 is 5.32 Å². The summed E-state index contributed by atoms with van der Waals surface area (Å²) in [6, 6.07) is 4.33. The van der Waals surface area contributed by atoms with Gasteiger partial charge in [0.15, 0.2) is 0 Å². The molecule has 0 aromatic heterocycles. The van der Waals surface area contributed by atoms with Gasteiger partial charge in [-0.05, 0) is 37.6 Å². The molecule has 0 spiro atoms. The smallest absolute Gasteiger partial charge is 0.416 e. The van der Waals surface area contributed by atoms with Crippen LogP contribution in [0.5, 0.6) is 0 Å². The lowest BCUT2D eigenvalue weighted by Crippen LogP contribution is -2.43. The van der Waals surface area contributed by atoms with Gasteiger partial charge >= 0.3 is 12.1 Å². The molecule has 1 aromatic rings. The van der Waals surface area contributed by atoms with E-state index in [0.29, 0.717) is 18.5 Å². The van der Waals surface area contributed by atoms with Crippen LogP contribution in [0.1, 0.15) is 32.3 Å². The van der Waals surface area contributed by atoms with Crippen LogP contribution in [0.2, 0.25) is 0 Å². The second-order valence-corrected chi connectivity index (χ2v) is 4.59. The maximum atomic E-state index is 12.4. The zero-order chi connectivity index (χ0) is 14.7. The average Bonchev–Trinajstić information content (AvgIpc) is 2.28. The third-order valence-corrected chi connectivity index (χ3v) is 2.85. The van der Waals surface area contributed by atoms with E-state index in [1.807, 2.05) is 6.92 Å². The topological polar surface area (TPSA) is 49.3 Å². The van der Waals surface area contributed by atoms with Gasteiger partial charge in [-0.3, -0.25) is 0 Å². The number of nitrogens with one attached hydrogen (secondary N) is 1. The Morgan fingerprint density at radius 3 is 2.16 bits per heavy atom. The van der Waals surface area contributed by atoms with Gasteiger partial charge in [0.1, 0.15) is 5.54 Å². The van der Waals surface area contributed by atoms with Crippen molar-refractivity contribution in [3.05, 3.63) is 29.8 Å². The van der Waals surface area contributed by atoms with Crippen molar-refractivity contribution in [3.8, 4) is 0 Å². The Bertz CT molecular complexity index is 442. The number of hydrogen-bond donors (Lipinski definition) is 2. The number of aliphatic carboxylic acids is 1. The quantitative estimate of drug-likeness (QED) is 0.860. The van der Waals surface area contributed by atoms with Gasteiger partial charge in [-0.2, -0.15) is 13.2 Å². The van der Waals surface area contributed by atoms with Crippen LogP contribution in [-0.4, -0.2) is 16.6 Å². The van der Waals surface area contributed by atoms with E-state index in [4.69, 9.17) is 5.11 Å². The van der Waals surface area contributed by atoms with E-state index in [1.165, 1.54) is 19.1 Å². The molecular weight excluding hydrogens is 259 g/mol. The molecule has 0 aliphatic rings. The second kappa shape index (κ2) is 5.50. The minimum Gasteiger partial charge on any atom is -0.480 e. The number of rotatable bonds is 5. The molecule has 0 amide bonds. The van der Waals surface area contributed by atoms with Crippen molar-refractivity contribution in [1.29, 1.82) is 0 Å². The molecule has 1 rings (SSSR count). The molecule has 0 aliphatic heterocycles. The van der Waals surface area contributed by atoms with Gasteiger partial charge in [0, 0.05) is 5.69 Å².